The molecule has 0 aliphatic carbocycles. The molecular formula is C21H19NO2. The molecule has 3 rings (SSSR count). The summed E-state index contributed by atoms with van der Waals surface area (Å²) >= 11 is 0. The maximum Gasteiger partial charge on any atom is 0.224 e. The third kappa shape index (κ3) is 3.87. The van der Waals surface area contributed by atoms with E-state index in [1.54, 1.807) is 0 Å². The summed E-state index contributed by atoms with van der Waals surface area (Å²) in [6, 6.07) is 21.2. The number of benzene rings is 3. The zero-order valence-corrected chi connectivity index (χ0v) is 13.6. The molecule has 0 fully saturated rings. The van der Waals surface area contributed by atoms with E-state index < -0.39 is 0 Å². The number of carbonyl (C=O) groups excluding carboxylic acids is 2. The van der Waals surface area contributed by atoms with Gasteiger partial charge in [-0.1, -0.05) is 48.5 Å². The minimum atomic E-state index is -0.144. The van der Waals surface area contributed by atoms with Gasteiger partial charge in [-0.05, 0) is 41.5 Å². The number of amides is 1. The predicted octanol–water partition coefficient (Wildman–Crippen LogP) is 4.75. The molecule has 1 N–H and O–H groups in total. The van der Waals surface area contributed by atoms with Crippen molar-refractivity contribution in [3.8, 4) is 0 Å². The van der Waals surface area contributed by atoms with Crippen LogP contribution in [0.15, 0.2) is 66.7 Å². The van der Waals surface area contributed by atoms with Crippen LogP contribution in [0.1, 0.15) is 28.8 Å². The van der Waals surface area contributed by atoms with E-state index in [4.69, 9.17) is 0 Å². The summed E-state index contributed by atoms with van der Waals surface area (Å²) in [5.41, 5.74) is 2.50. The Labute approximate surface area is 141 Å². The molecule has 1 amide bonds. The first kappa shape index (κ1) is 15.9. The first-order valence-corrected chi connectivity index (χ1v) is 8.00. The smallest absolute Gasteiger partial charge is 0.224 e. The minimum absolute atomic E-state index is 0.0138. The Kier molecular flexibility index (Phi) is 4.71. The van der Waals surface area contributed by atoms with Crippen molar-refractivity contribution < 1.29 is 9.59 Å². The van der Waals surface area contributed by atoms with Gasteiger partial charge in [-0.2, -0.15) is 0 Å². The Morgan fingerprint density at radius 2 is 1.62 bits per heavy atom. The van der Waals surface area contributed by atoms with Crippen molar-refractivity contribution in [1.29, 1.82) is 0 Å². The zero-order valence-electron chi connectivity index (χ0n) is 13.6. The van der Waals surface area contributed by atoms with Crippen molar-refractivity contribution in [1.82, 2.24) is 0 Å². The standard InChI is InChI=1S/C21H19NO2/c1-15-5-4-8-19(13-15)22-21(24)12-11-20(23)18-10-9-16-6-2-3-7-17(16)14-18/h2-10,13-14H,11-12H2,1H3,(H,22,24). The van der Waals surface area contributed by atoms with Crippen molar-refractivity contribution in [3.05, 3.63) is 77.9 Å². The molecule has 3 aromatic carbocycles. The van der Waals surface area contributed by atoms with Gasteiger partial charge in [0.1, 0.15) is 0 Å². The minimum Gasteiger partial charge on any atom is -0.326 e. The third-order valence-corrected chi connectivity index (χ3v) is 3.95. The largest absolute Gasteiger partial charge is 0.326 e. The number of ketones is 1. The summed E-state index contributed by atoms with van der Waals surface area (Å²) < 4.78 is 0. The van der Waals surface area contributed by atoms with Crippen LogP contribution in [0, 0.1) is 6.92 Å². The van der Waals surface area contributed by atoms with Crippen LogP contribution in [0.4, 0.5) is 5.69 Å². The fourth-order valence-electron chi connectivity index (χ4n) is 2.68. The SMILES string of the molecule is Cc1cccc(NC(=O)CCC(=O)c2ccc3ccccc3c2)c1. The second kappa shape index (κ2) is 7.09. The van der Waals surface area contributed by atoms with Gasteiger partial charge < -0.3 is 5.32 Å². The van der Waals surface area contributed by atoms with E-state index in [-0.39, 0.29) is 24.5 Å². The van der Waals surface area contributed by atoms with E-state index in [0.29, 0.717) is 5.56 Å². The molecule has 0 heterocycles. The van der Waals surface area contributed by atoms with E-state index >= 15 is 0 Å². The highest BCUT2D eigenvalue weighted by atomic mass is 16.2. The molecular weight excluding hydrogens is 298 g/mol. The summed E-state index contributed by atoms with van der Waals surface area (Å²) in [6.45, 7) is 1.97. The third-order valence-electron chi connectivity index (χ3n) is 3.95. The molecule has 3 nitrogen and oxygen atoms in total. The van der Waals surface area contributed by atoms with Gasteiger partial charge in [-0.15, -0.1) is 0 Å². The fourth-order valence-corrected chi connectivity index (χ4v) is 2.68. The Bertz CT molecular complexity index is 899. The normalized spacial score (nSPS) is 10.5. The van der Waals surface area contributed by atoms with Crippen LogP contribution in [0.5, 0.6) is 0 Å². The molecule has 120 valence electrons. The summed E-state index contributed by atoms with van der Waals surface area (Å²) in [4.78, 5) is 24.3. The first-order valence-electron chi connectivity index (χ1n) is 8.00. The van der Waals surface area contributed by atoms with Gasteiger partial charge in [0.05, 0.1) is 0 Å². The molecule has 3 heteroatoms. The molecule has 3 aromatic rings. The van der Waals surface area contributed by atoms with Crippen molar-refractivity contribution >= 4 is 28.2 Å². The number of rotatable bonds is 5. The lowest BCUT2D eigenvalue weighted by Gasteiger charge is -2.06. The number of Topliss-reactive ketones (excluding diaryl/α,β-unsaturated/α-hetero) is 1. The number of hydrogen-bond donors (Lipinski definition) is 1. The highest BCUT2D eigenvalue weighted by Gasteiger charge is 2.10. The van der Waals surface area contributed by atoms with Crippen LogP contribution in [0.3, 0.4) is 0 Å². The van der Waals surface area contributed by atoms with Gasteiger partial charge in [0.15, 0.2) is 5.78 Å². The zero-order chi connectivity index (χ0) is 16.9. The lowest BCUT2D eigenvalue weighted by molar-refractivity contribution is -0.116. The average Bonchev–Trinajstić information content (AvgIpc) is 2.59. The molecule has 0 bridgehead atoms. The molecule has 0 atom stereocenters. The molecule has 0 radical (unpaired) electrons. The lowest BCUT2D eigenvalue weighted by atomic mass is 10.0. The van der Waals surface area contributed by atoms with Crippen molar-refractivity contribution in [2.24, 2.45) is 0 Å². The Morgan fingerprint density at radius 3 is 2.42 bits per heavy atom. The lowest BCUT2D eigenvalue weighted by Crippen LogP contribution is -2.13. The summed E-state index contributed by atoms with van der Waals surface area (Å²) in [5.74, 6) is -0.158. The Morgan fingerprint density at radius 1 is 0.833 bits per heavy atom. The fraction of sp³-hybridized carbons (Fsp3) is 0.143. The van der Waals surface area contributed by atoms with E-state index in [2.05, 4.69) is 5.32 Å². The Balaban J connectivity index is 1.60. The predicted molar refractivity (Wildman–Crippen MR) is 97.3 cm³/mol. The van der Waals surface area contributed by atoms with E-state index in [1.165, 1.54) is 0 Å². The maximum atomic E-state index is 12.3. The number of nitrogens with one attached hydrogen (secondary N) is 1. The average molecular weight is 317 g/mol. The van der Waals surface area contributed by atoms with E-state index in [1.807, 2.05) is 73.7 Å². The summed E-state index contributed by atoms with van der Waals surface area (Å²) in [6.07, 6.45) is 0.385. The number of hydrogen-bond acceptors (Lipinski definition) is 2. The van der Waals surface area contributed by atoms with Crippen LogP contribution < -0.4 is 5.32 Å². The molecule has 0 unspecified atom stereocenters. The quantitative estimate of drug-likeness (QED) is 0.690. The second-order valence-electron chi connectivity index (χ2n) is 5.90. The molecule has 0 aliphatic heterocycles. The monoisotopic (exact) mass is 317 g/mol. The van der Waals surface area contributed by atoms with E-state index in [9.17, 15) is 9.59 Å². The number of fused-ring (bicyclic) bond motifs is 1. The van der Waals surface area contributed by atoms with Crippen LogP contribution in [0.2, 0.25) is 0 Å². The molecule has 0 saturated carbocycles. The van der Waals surface area contributed by atoms with E-state index in [0.717, 1.165) is 22.0 Å². The van der Waals surface area contributed by atoms with Gasteiger partial charge in [0.25, 0.3) is 0 Å². The van der Waals surface area contributed by atoms with Crippen LogP contribution in [0.25, 0.3) is 10.8 Å². The number of anilines is 1. The molecule has 0 saturated heterocycles. The van der Waals surface area contributed by atoms with Gasteiger partial charge in [-0.3, -0.25) is 9.59 Å². The topological polar surface area (TPSA) is 46.2 Å². The van der Waals surface area contributed by atoms with Crippen LogP contribution >= 0.6 is 0 Å². The van der Waals surface area contributed by atoms with Gasteiger partial charge in [0, 0.05) is 24.1 Å². The second-order valence-corrected chi connectivity index (χ2v) is 5.90. The van der Waals surface area contributed by atoms with Gasteiger partial charge in [0.2, 0.25) is 5.91 Å². The van der Waals surface area contributed by atoms with Crippen molar-refractivity contribution in [2.45, 2.75) is 19.8 Å². The van der Waals surface area contributed by atoms with Gasteiger partial charge in [-0.25, -0.2) is 0 Å². The van der Waals surface area contributed by atoms with Gasteiger partial charge >= 0.3 is 0 Å². The van der Waals surface area contributed by atoms with Crippen molar-refractivity contribution in [2.75, 3.05) is 5.32 Å². The maximum absolute atomic E-state index is 12.3. The number of aryl methyl sites for hydroxylation is 1. The highest BCUT2D eigenvalue weighted by Crippen LogP contribution is 2.17. The molecule has 0 aliphatic rings. The Hall–Kier alpha value is -2.94. The van der Waals surface area contributed by atoms with Crippen LogP contribution in [-0.2, 0) is 4.79 Å². The summed E-state index contributed by atoms with van der Waals surface area (Å²) in [5, 5.41) is 4.97. The molecule has 0 spiro atoms. The highest BCUT2D eigenvalue weighted by molar-refractivity contribution is 6.02. The van der Waals surface area contributed by atoms with Crippen LogP contribution in [-0.4, -0.2) is 11.7 Å². The van der Waals surface area contributed by atoms with Crippen molar-refractivity contribution in [3.63, 3.8) is 0 Å². The first-order chi connectivity index (χ1) is 11.6. The number of carbonyl (C=O) groups is 2. The molecule has 0 aromatic heterocycles. The molecule has 24 heavy (non-hydrogen) atoms. The summed E-state index contributed by atoms with van der Waals surface area (Å²) in [7, 11) is 0.